The minimum Gasteiger partial charge on any atom is -0.545 e. The first-order chi connectivity index (χ1) is 11.9. The second-order valence-electron chi connectivity index (χ2n) is 5.09. The average Bonchev–Trinajstić information content (AvgIpc) is 2.85. The molecule has 1 aromatic heterocycles. The number of nitrogens with zero attached hydrogens (tertiary/aromatic N) is 2. The predicted octanol–water partition coefficient (Wildman–Crippen LogP) is 2.18. The maximum atomic E-state index is 12.7. The molecule has 1 atom stereocenters. The van der Waals surface area contributed by atoms with Crippen molar-refractivity contribution >= 4 is 58.4 Å². The van der Waals surface area contributed by atoms with E-state index in [1.165, 1.54) is 24.4 Å². The number of thioether (sulfide) groups is 1. The third-order valence-electron chi connectivity index (χ3n) is 3.52. The van der Waals surface area contributed by atoms with Crippen LogP contribution in [0.3, 0.4) is 0 Å². The monoisotopic (exact) mass is 395 g/mol. The fourth-order valence-electron chi connectivity index (χ4n) is 2.39. The third kappa shape index (κ3) is 3.35. The fourth-order valence-corrected chi connectivity index (χ4v) is 3.87. The Hall–Kier alpha value is -2.09. The van der Waals surface area contributed by atoms with Crippen LogP contribution in [0.4, 0.5) is 5.69 Å². The van der Waals surface area contributed by atoms with Crippen LogP contribution in [-0.2, 0) is 9.59 Å². The topological polar surface area (TPSA) is 90.4 Å². The second-order valence-corrected chi connectivity index (χ2v) is 7.07. The van der Waals surface area contributed by atoms with E-state index in [-0.39, 0.29) is 32.7 Å². The summed E-state index contributed by atoms with van der Waals surface area (Å²) in [5.74, 6) is -2.35. The SMILES string of the molecule is O=C([O-])c1cccnc1SC1CC(=O)N(c2cccc(Cl)c2Cl)C1=O. The van der Waals surface area contributed by atoms with Crippen LogP contribution in [0.5, 0.6) is 0 Å². The summed E-state index contributed by atoms with van der Waals surface area (Å²) in [5, 5.41) is 10.8. The standard InChI is InChI=1S/C16H10Cl2N2O4S/c17-9-4-1-5-10(13(9)18)20-12(21)7-11(15(20)22)25-14-8(16(23)24)3-2-6-19-14/h1-6,11H,7H2,(H,23,24)/p-1. The quantitative estimate of drug-likeness (QED) is 0.736. The number of carboxylic acids is 1. The van der Waals surface area contributed by atoms with Crippen LogP contribution >= 0.6 is 35.0 Å². The first-order valence-corrected chi connectivity index (χ1v) is 8.67. The molecule has 128 valence electrons. The Kier molecular flexibility index (Phi) is 4.99. The van der Waals surface area contributed by atoms with Gasteiger partial charge in [-0.25, -0.2) is 9.88 Å². The molecule has 1 aliphatic rings. The van der Waals surface area contributed by atoms with Crippen LogP contribution in [0.25, 0.3) is 0 Å². The fraction of sp³-hybridized carbons (Fsp3) is 0.125. The molecule has 0 radical (unpaired) electrons. The Bertz CT molecular complexity index is 890. The van der Waals surface area contributed by atoms with Gasteiger partial charge in [0.25, 0.3) is 0 Å². The van der Waals surface area contributed by atoms with Gasteiger partial charge in [-0.2, -0.15) is 0 Å². The van der Waals surface area contributed by atoms with Gasteiger partial charge >= 0.3 is 0 Å². The van der Waals surface area contributed by atoms with Gasteiger partial charge in [0.15, 0.2) is 0 Å². The van der Waals surface area contributed by atoms with Gasteiger partial charge < -0.3 is 9.90 Å². The number of amides is 2. The highest BCUT2D eigenvalue weighted by Gasteiger charge is 2.41. The molecule has 0 spiro atoms. The number of aromatic nitrogens is 1. The van der Waals surface area contributed by atoms with Crippen LogP contribution in [0.2, 0.25) is 10.0 Å². The summed E-state index contributed by atoms with van der Waals surface area (Å²) >= 11 is 12.9. The van der Waals surface area contributed by atoms with Crippen LogP contribution in [0.15, 0.2) is 41.6 Å². The minimum atomic E-state index is -1.40. The summed E-state index contributed by atoms with van der Waals surface area (Å²) in [4.78, 5) is 41.0. The molecule has 2 aromatic rings. The Morgan fingerprint density at radius 1 is 1.24 bits per heavy atom. The van der Waals surface area contributed by atoms with Gasteiger partial charge in [-0.05, 0) is 24.3 Å². The molecule has 2 heterocycles. The lowest BCUT2D eigenvalue weighted by molar-refractivity contribution is -0.255. The van der Waals surface area contributed by atoms with Gasteiger partial charge in [0.1, 0.15) is 5.03 Å². The summed E-state index contributed by atoms with van der Waals surface area (Å²) < 4.78 is 0. The van der Waals surface area contributed by atoms with E-state index in [1.54, 1.807) is 12.1 Å². The molecular weight excluding hydrogens is 387 g/mol. The Morgan fingerprint density at radius 2 is 2.00 bits per heavy atom. The number of carbonyl (C=O) groups excluding carboxylic acids is 3. The third-order valence-corrected chi connectivity index (χ3v) is 5.53. The highest BCUT2D eigenvalue weighted by Crippen LogP contribution is 2.39. The Morgan fingerprint density at radius 3 is 2.72 bits per heavy atom. The molecule has 0 aliphatic carbocycles. The lowest BCUT2D eigenvalue weighted by atomic mass is 10.3. The van der Waals surface area contributed by atoms with Gasteiger partial charge in [0, 0.05) is 18.2 Å². The van der Waals surface area contributed by atoms with Crippen LogP contribution in [0.1, 0.15) is 16.8 Å². The number of pyridine rings is 1. The molecule has 9 heteroatoms. The summed E-state index contributed by atoms with van der Waals surface area (Å²) in [7, 11) is 0. The zero-order valence-electron chi connectivity index (χ0n) is 12.4. The molecule has 25 heavy (non-hydrogen) atoms. The van der Waals surface area contributed by atoms with E-state index in [1.807, 2.05) is 0 Å². The van der Waals surface area contributed by atoms with Crippen molar-refractivity contribution in [3.63, 3.8) is 0 Å². The molecule has 0 bridgehead atoms. The smallest absolute Gasteiger partial charge is 0.247 e. The molecule has 0 N–H and O–H groups in total. The largest absolute Gasteiger partial charge is 0.545 e. The predicted molar refractivity (Wildman–Crippen MR) is 91.8 cm³/mol. The Labute approximate surface area is 156 Å². The maximum absolute atomic E-state index is 12.7. The molecule has 6 nitrogen and oxygen atoms in total. The molecule has 0 saturated carbocycles. The highest BCUT2D eigenvalue weighted by molar-refractivity contribution is 8.00. The number of imide groups is 1. The van der Waals surface area contributed by atoms with E-state index in [0.717, 1.165) is 16.7 Å². The number of carbonyl (C=O) groups is 3. The van der Waals surface area contributed by atoms with Crippen LogP contribution in [-0.4, -0.2) is 28.0 Å². The number of anilines is 1. The average molecular weight is 396 g/mol. The van der Waals surface area contributed by atoms with Crippen molar-refractivity contribution in [3.8, 4) is 0 Å². The van der Waals surface area contributed by atoms with Crippen molar-refractivity contribution in [2.24, 2.45) is 0 Å². The van der Waals surface area contributed by atoms with Crippen LogP contribution < -0.4 is 10.0 Å². The van der Waals surface area contributed by atoms with Crippen molar-refractivity contribution in [2.45, 2.75) is 16.7 Å². The van der Waals surface area contributed by atoms with Crippen molar-refractivity contribution in [3.05, 3.63) is 52.1 Å². The number of rotatable bonds is 4. The van der Waals surface area contributed by atoms with E-state index >= 15 is 0 Å². The molecule has 2 amide bonds. The zero-order chi connectivity index (χ0) is 18.1. The second kappa shape index (κ2) is 7.03. The van der Waals surface area contributed by atoms with E-state index in [9.17, 15) is 19.5 Å². The minimum absolute atomic E-state index is 0.102. The van der Waals surface area contributed by atoms with Gasteiger partial charge in [-0.1, -0.05) is 41.0 Å². The van der Waals surface area contributed by atoms with Gasteiger partial charge in [0.2, 0.25) is 11.8 Å². The summed E-state index contributed by atoms with van der Waals surface area (Å²) in [6.07, 6.45) is 1.30. The Balaban J connectivity index is 1.90. The van der Waals surface area contributed by atoms with Crippen molar-refractivity contribution < 1.29 is 19.5 Å². The van der Waals surface area contributed by atoms with Crippen molar-refractivity contribution in [1.82, 2.24) is 4.98 Å². The lowest BCUT2D eigenvalue weighted by Gasteiger charge is -2.17. The first-order valence-electron chi connectivity index (χ1n) is 7.04. The number of carboxylic acid groups (broad SMARTS) is 1. The van der Waals surface area contributed by atoms with E-state index in [4.69, 9.17) is 23.2 Å². The molecular formula is C16H9Cl2N2O4S-. The van der Waals surface area contributed by atoms with Gasteiger partial charge in [-0.15, -0.1) is 0 Å². The van der Waals surface area contributed by atoms with E-state index in [0.29, 0.717) is 0 Å². The zero-order valence-corrected chi connectivity index (χ0v) is 14.8. The number of hydrogen-bond acceptors (Lipinski definition) is 6. The van der Waals surface area contributed by atoms with Crippen LogP contribution in [0, 0.1) is 0 Å². The van der Waals surface area contributed by atoms with E-state index in [2.05, 4.69) is 4.98 Å². The van der Waals surface area contributed by atoms with Gasteiger partial charge in [-0.3, -0.25) is 9.59 Å². The van der Waals surface area contributed by atoms with Crippen molar-refractivity contribution in [2.75, 3.05) is 4.90 Å². The molecule has 1 unspecified atom stereocenters. The normalized spacial score (nSPS) is 17.2. The maximum Gasteiger partial charge on any atom is 0.247 e. The van der Waals surface area contributed by atoms with Gasteiger partial charge in [0.05, 0.1) is 27.0 Å². The summed E-state index contributed by atoms with van der Waals surface area (Å²) in [6.45, 7) is 0. The molecule has 1 aliphatic heterocycles. The van der Waals surface area contributed by atoms with Crippen molar-refractivity contribution in [1.29, 1.82) is 0 Å². The summed E-state index contributed by atoms with van der Waals surface area (Å²) in [6, 6.07) is 7.43. The molecule has 1 aromatic carbocycles. The number of halogens is 2. The lowest BCUT2D eigenvalue weighted by Crippen LogP contribution is -2.31. The summed E-state index contributed by atoms with van der Waals surface area (Å²) in [5.41, 5.74) is 0.0698. The molecule has 1 fully saturated rings. The number of aromatic carboxylic acids is 1. The number of benzene rings is 1. The molecule has 3 rings (SSSR count). The first kappa shape index (κ1) is 17.7. The highest BCUT2D eigenvalue weighted by atomic mass is 35.5. The van der Waals surface area contributed by atoms with E-state index < -0.39 is 23.0 Å². The number of hydrogen-bond donors (Lipinski definition) is 0. The molecule has 1 saturated heterocycles.